The average Bonchev–Trinajstić information content (AvgIpc) is 3.21. The molecule has 3 aromatic rings. The van der Waals surface area contributed by atoms with E-state index in [1.807, 2.05) is 43.3 Å². The molecule has 0 radical (unpaired) electrons. The Kier molecular flexibility index (Phi) is 8.38. The topological polar surface area (TPSA) is 80.2 Å². The van der Waals surface area contributed by atoms with Gasteiger partial charge in [0.25, 0.3) is 5.91 Å². The summed E-state index contributed by atoms with van der Waals surface area (Å²) in [6.07, 6.45) is 0.320. The number of nitrogens with one attached hydrogen (secondary N) is 1. The van der Waals surface area contributed by atoms with E-state index in [9.17, 15) is 9.18 Å². The molecule has 0 saturated heterocycles. The van der Waals surface area contributed by atoms with Crippen molar-refractivity contribution in [1.29, 1.82) is 0 Å². The number of ether oxygens (including phenoxy) is 2. The van der Waals surface area contributed by atoms with Gasteiger partial charge in [-0.2, -0.15) is 0 Å². The summed E-state index contributed by atoms with van der Waals surface area (Å²) in [4.78, 5) is 18.5. The van der Waals surface area contributed by atoms with E-state index in [0.29, 0.717) is 36.7 Å². The van der Waals surface area contributed by atoms with Gasteiger partial charge in [-0.15, -0.1) is 0 Å². The molecule has 1 amide bonds. The number of aliphatic imine (C=N–C) groups is 1. The van der Waals surface area contributed by atoms with Crippen molar-refractivity contribution in [3.63, 3.8) is 0 Å². The molecule has 0 unspecified atom stereocenters. The lowest BCUT2D eigenvalue weighted by molar-refractivity contribution is -0.128. The van der Waals surface area contributed by atoms with E-state index in [-0.39, 0.29) is 24.9 Å². The summed E-state index contributed by atoms with van der Waals surface area (Å²) in [5.41, 5.74) is 1.09. The maximum atomic E-state index is 13.7. The van der Waals surface area contributed by atoms with Crippen LogP contribution in [-0.2, 0) is 22.5 Å². The van der Waals surface area contributed by atoms with Gasteiger partial charge in [0, 0.05) is 36.0 Å². The van der Waals surface area contributed by atoms with Gasteiger partial charge in [-0.25, -0.2) is 9.38 Å². The maximum Gasteiger partial charge on any atom is 0.252 e. The summed E-state index contributed by atoms with van der Waals surface area (Å²) in [7, 11) is 0. The van der Waals surface area contributed by atoms with E-state index >= 15 is 0 Å². The van der Waals surface area contributed by atoms with Crippen LogP contribution < -0.4 is 10.1 Å². The van der Waals surface area contributed by atoms with E-state index < -0.39 is 11.6 Å². The third-order valence-electron chi connectivity index (χ3n) is 6.09. The molecule has 36 heavy (non-hydrogen) atoms. The van der Waals surface area contributed by atoms with E-state index in [2.05, 4.69) is 21.2 Å². The zero-order valence-electron chi connectivity index (χ0n) is 19.9. The Morgan fingerprint density at radius 1 is 1.17 bits per heavy atom. The van der Waals surface area contributed by atoms with Crippen LogP contribution in [0.4, 0.5) is 4.39 Å². The minimum atomic E-state index is -1.22. The summed E-state index contributed by atoms with van der Waals surface area (Å²) in [5.74, 6) is 0.392. The highest BCUT2D eigenvalue weighted by atomic mass is 79.9. The zero-order valence-corrected chi connectivity index (χ0v) is 21.5. The highest BCUT2D eigenvalue weighted by Crippen LogP contribution is 2.34. The molecule has 0 aromatic heterocycles. The summed E-state index contributed by atoms with van der Waals surface area (Å²) < 4.78 is 26.3. The Morgan fingerprint density at radius 2 is 1.94 bits per heavy atom. The van der Waals surface area contributed by atoms with Gasteiger partial charge in [0.05, 0.1) is 6.61 Å². The standard InChI is InChI=1S/C28H28BrFN2O4/c1-19-28(17-22-7-2-3-9-25(22)29,27(34)31-18-20-6-4-8-23(30)16-20)32-26(36-19)21-10-12-24(13-11-21)35-15-5-14-33/h2-4,6-13,16,19,33H,5,14-15,17-18H2,1H3,(H,31,34)/t19-,28-/m1/s1. The number of aliphatic hydroxyl groups is 1. The van der Waals surface area contributed by atoms with Gasteiger partial charge >= 0.3 is 0 Å². The molecule has 0 aliphatic carbocycles. The quantitative estimate of drug-likeness (QED) is 0.352. The summed E-state index contributed by atoms with van der Waals surface area (Å²) >= 11 is 3.58. The van der Waals surface area contributed by atoms with Crippen LogP contribution in [0.2, 0.25) is 0 Å². The number of carbonyl (C=O) groups excluding carboxylic acids is 1. The fourth-order valence-corrected chi connectivity index (χ4v) is 4.48. The van der Waals surface area contributed by atoms with E-state index in [1.165, 1.54) is 12.1 Å². The number of hydrogen-bond acceptors (Lipinski definition) is 5. The first kappa shape index (κ1) is 25.9. The van der Waals surface area contributed by atoms with Crippen LogP contribution in [-0.4, -0.2) is 41.8 Å². The van der Waals surface area contributed by atoms with E-state index in [0.717, 1.165) is 15.6 Å². The molecule has 2 atom stereocenters. The van der Waals surface area contributed by atoms with Gasteiger partial charge in [-0.3, -0.25) is 4.79 Å². The number of rotatable bonds is 10. The molecule has 4 rings (SSSR count). The van der Waals surface area contributed by atoms with Crippen molar-refractivity contribution < 1.29 is 23.8 Å². The third-order valence-corrected chi connectivity index (χ3v) is 6.86. The predicted octanol–water partition coefficient (Wildman–Crippen LogP) is 4.81. The lowest BCUT2D eigenvalue weighted by Gasteiger charge is -2.28. The van der Waals surface area contributed by atoms with Gasteiger partial charge in [0.2, 0.25) is 5.90 Å². The Balaban J connectivity index is 1.61. The number of nitrogens with zero attached hydrogens (tertiary/aromatic N) is 1. The van der Waals surface area contributed by atoms with Crippen LogP contribution in [0.3, 0.4) is 0 Å². The molecular weight excluding hydrogens is 527 g/mol. The van der Waals surface area contributed by atoms with Crippen LogP contribution >= 0.6 is 15.9 Å². The summed E-state index contributed by atoms with van der Waals surface area (Å²) in [6, 6.07) is 21.1. The molecule has 8 heteroatoms. The van der Waals surface area contributed by atoms with E-state index in [1.54, 1.807) is 24.3 Å². The second-order valence-electron chi connectivity index (χ2n) is 8.63. The molecule has 6 nitrogen and oxygen atoms in total. The number of halogens is 2. The number of aliphatic hydroxyl groups excluding tert-OH is 1. The molecule has 0 bridgehead atoms. The fraction of sp³-hybridized carbons (Fsp3) is 0.286. The molecular formula is C28H28BrFN2O4. The number of hydrogen-bond donors (Lipinski definition) is 2. The highest BCUT2D eigenvalue weighted by molar-refractivity contribution is 9.10. The smallest absolute Gasteiger partial charge is 0.252 e. The Labute approximate surface area is 218 Å². The Morgan fingerprint density at radius 3 is 2.67 bits per heavy atom. The van der Waals surface area contributed by atoms with Crippen molar-refractivity contribution >= 4 is 27.7 Å². The van der Waals surface area contributed by atoms with Crippen LogP contribution in [0.5, 0.6) is 5.75 Å². The van der Waals surface area contributed by atoms with Crippen molar-refractivity contribution in [2.75, 3.05) is 13.2 Å². The van der Waals surface area contributed by atoms with E-state index in [4.69, 9.17) is 19.6 Å². The number of benzene rings is 3. The van der Waals surface area contributed by atoms with Crippen molar-refractivity contribution in [2.45, 2.75) is 38.0 Å². The Hall–Kier alpha value is -3.23. The zero-order chi connectivity index (χ0) is 25.5. The monoisotopic (exact) mass is 554 g/mol. The normalized spacial score (nSPS) is 18.9. The first-order valence-electron chi connectivity index (χ1n) is 11.8. The molecule has 1 aliphatic rings. The van der Waals surface area contributed by atoms with Gasteiger partial charge in [0.15, 0.2) is 5.54 Å². The van der Waals surface area contributed by atoms with Crippen LogP contribution in [0.1, 0.15) is 30.0 Å². The third kappa shape index (κ3) is 5.94. The lowest BCUT2D eigenvalue weighted by Crippen LogP contribution is -2.52. The predicted molar refractivity (Wildman–Crippen MR) is 140 cm³/mol. The fourth-order valence-electron chi connectivity index (χ4n) is 4.06. The molecule has 3 aromatic carbocycles. The van der Waals surface area contributed by atoms with Crippen molar-refractivity contribution in [3.05, 3.63) is 99.8 Å². The second-order valence-corrected chi connectivity index (χ2v) is 9.49. The molecule has 0 spiro atoms. The summed E-state index contributed by atoms with van der Waals surface area (Å²) in [5, 5.41) is 11.9. The van der Waals surface area contributed by atoms with Gasteiger partial charge in [-0.05, 0) is 60.5 Å². The number of amides is 1. The van der Waals surface area contributed by atoms with Crippen molar-refractivity contribution in [1.82, 2.24) is 5.32 Å². The van der Waals surface area contributed by atoms with Gasteiger partial charge in [0.1, 0.15) is 17.7 Å². The molecule has 2 N–H and O–H groups in total. The Bertz CT molecular complexity index is 1230. The minimum Gasteiger partial charge on any atom is -0.494 e. The first-order chi connectivity index (χ1) is 17.4. The molecule has 0 saturated carbocycles. The van der Waals surface area contributed by atoms with Crippen LogP contribution in [0.15, 0.2) is 82.3 Å². The molecule has 1 aliphatic heterocycles. The van der Waals surface area contributed by atoms with Gasteiger partial charge in [-0.1, -0.05) is 46.3 Å². The van der Waals surface area contributed by atoms with Crippen molar-refractivity contribution in [2.24, 2.45) is 4.99 Å². The van der Waals surface area contributed by atoms with Crippen LogP contribution in [0, 0.1) is 5.82 Å². The minimum absolute atomic E-state index is 0.0709. The number of carbonyl (C=O) groups is 1. The average molecular weight is 555 g/mol. The molecule has 0 fully saturated rings. The van der Waals surface area contributed by atoms with Crippen molar-refractivity contribution in [3.8, 4) is 5.75 Å². The highest BCUT2D eigenvalue weighted by Gasteiger charge is 2.50. The molecule has 1 heterocycles. The largest absolute Gasteiger partial charge is 0.494 e. The second kappa shape index (κ2) is 11.7. The molecule has 188 valence electrons. The lowest BCUT2D eigenvalue weighted by atomic mass is 9.86. The SMILES string of the molecule is C[C@H]1OC(c2ccc(OCCCO)cc2)=N[C@@]1(Cc1ccccc1Br)C(=O)NCc1cccc(F)c1. The summed E-state index contributed by atoms with van der Waals surface area (Å²) in [6.45, 7) is 2.50. The van der Waals surface area contributed by atoms with Crippen LogP contribution in [0.25, 0.3) is 0 Å². The van der Waals surface area contributed by atoms with Gasteiger partial charge < -0.3 is 19.9 Å². The first-order valence-corrected chi connectivity index (χ1v) is 12.6. The maximum absolute atomic E-state index is 13.7.